The molecular weight excluding hydrogens is 434 g/mol. The standard InChI is InChI=1S/C21H26ClN7OS/c1-13-7-5-8-15(22)19(13)28-20(30)16-12-31-21(26-16)27-17-11-18(25-14(2)24-17)29(4)10-6-9-23-3/h5,7-8,11-12,23H,6,9-10H2,1-4H3,(H,28,30)(H,24,25,26,27). The number of aromatic nitrogens is 3. The lowest BCUT2D eigenvalue weighted by Gasteiger charge is -2.19. The topological polar surface area (TPSA) is 95.1 Å². The second kappa shape index (κ2) is 10.5. The molecule has 3 aromatic rings. The Morgan fingerprint density at radius 2 is 2.03 bits per heavy atom. The second-order valence-corrected chi connectivity index (χ2v) is 8.35. The third-order valence-corrected chi connectivity index (χ3v) is 5.64. The largest absolute Gasteiger partial charge is 0.359 e. The third kappa shape index (κ3) is 6.13. The zero-order valence-corrected chi connectivity index (χ0v) is 19.6. The highest BCUT2D eigenvalue weighted by Crippen LogP contribution is 2.27. The van der Waals surface area contributed by atoms with Crippen LogP contribution in [0.25, 0.3) is 0 Å². The van der Waals surface area contributed by atoms with Crippen molar-refractivity contribution >= 4 is 51.3 Å². The van der Waals surface area contributed by atoms with Crippen molar-refractivity contribution in [2.75, 3.05) is 42.7 Å². The van der Waals surface area contributed by atoms with E-state index in [4.69, 9.17) is 11.6 Å². The molecule has 8 nitrogen and oxygen atoms in total. The predicted molar refractivity (Wildman–Crippen MR) is 128 cm³/mol. The van der Waals surface area contributed by atoms with Crippen LogP contribution in [-0.2, 0) is 0 Å². The maximum Gasteiger partial charge on any atom is 0.275 e. The van der Waals surface area contributed by atoms with Crippen molar-refractivity contribution in [3.05, 3.63) is 51.7 Å². The summed E-state index contributed by atoms with van der Waals surface area (Å²) >= 11 is 7.53. The minimum absolute atomic E-state index is 0.307. The Kier molecular flexibility index (Phi) is 7.78. The first-order valence-electron chi connectivity index (χ1n) is 9.88. The average molecular weight is 460 g/mol. The van der Waals surface area contributed by atoms with Gasteiger partial charge in [-0.2, -0.15) is 0 Å². The molecule has 31 heavy (non-hydrogen) atoms. The minimum atomic E-state index is -0.315. The lowest BCUT2D eigenvalue weighted by Crippen LogP contribution is -2.23. The molecule has 0 saturated carbocycles. The number of hydrogen-bond donors (Lipinski definition) is 3. The SMILES string of the molecule is CNCCCN(C)c1cc(Nc2nc(C(=O)Nc3c(C)cccc3Cl)cs2)nc(C)n1. The Bertz CT molecular complexity index is 1040. The first kappa shape index (κ1) is 22.9. The maximum absolute atomic E-state index is 12.6. The molecule has 0 bridgehead atoms. The van der Waals surface area contributed by atoms with Gasteiger partial charge in [-0.1, -0.05) is 23.7 Å². The lowest BCUT2D eigenvalue weighted by atomic mass is 10.2. The number of rotatable bonds is 9. The number of benzene rings is 1. The molecule has 0 aliphatic heterocycles. The van der Waals surface area contributed by atoms with Crippen LogP contribution < -0.4 is 20.9 Å². The second-order valence-electron chi connectivity index (χ2n) is 7.09. The van der Waals surface area contributed by atoms with Gasteiger partial charge in [0.25, 0.3) is 5.91 Å². The van der Waals surface area contributed by atoms with Gasteiger partial charge in [-0.05, 0) is 45.5 Å². The van der Waals surface area contributed by atoms with Crippen LogP contribution in [0.2, 0.25) is 5.02 Å². The fourth-order valence-corrected chi connectivity index (χ4v) is 3.90. The molecule has 0 aliphatic carbocycles. The molecule has 2 heterocycles. The Morgan fingerprint density at radius 1 is 1.23 bits per heavy atom. The number of amides is 1. The molecule has 3 rings (SSSR count). The molecule has 0 spiro atoms. The van der Waals surface area contributed by atoms with E-state index in [9.17, 15) is 4.79 Å². The van der Waals surface area contributed by atoms with Crippen molar-refractivity contribution < 1.29 is 4.79 Å². The number of thiazole rings is 1. The molecule has 0 fully saturated rings. The Hall–Kier alpha value is -2.75. The Balaban J connectivity index is 1.70. The molecule has 3 N–H and O–H groups in total. The van der Waals surface area contributed by atoms with Crippen LogP contribution in [0.5, 0.6) is 0 Å². The third-order valence-electron chi connectivity index (χ3n) is 4.57. The summed E-state index contributed by atoms with van der Waals surface area (Å²) in [5, 5.41) is 11.9. The number of nitrogens with one attached hydrogen (secondary N) is 3. The summed E-state index contributed by atoms with van der Waals surface area (Å²) in [5.41, 5.74) is 1.79. The first-order chi connectivity index (χ1) is 14.9. The molecule has 0 aliphatic rings. The van der Waals surface area contributed by atoms with E-state index in [1.165, 1.54) is 11.3 Å². The van der Waals surface area contributed by atoms with Crippen molar-refractivity contribution in [3.63, 3.8) is 0 Å². The van der Waals surface area contributed by atoms with E-state index in [2.05, 4.69) is 35.8 Å². The molecular formula is C21H26ClN7OS. The van der Waals surface area contributed by atoms with Crippen molar-refractivity contribution in [1.29, 1.82) is 0 Å². The fraction of sp³-hybridized carbons (Fsp3) is 0.333. The van der Waals surface area contributed by atoms with Gasteiger partial charge in [0.1, 0.15) is 23.2 Å². The number of hydrogen-bond acceptors (Lipinski definition) is 8. The average Bonchev–Trinajstić information content (AvgIpc) is 3.19. The summed E-state index contributed by atoms with van der Waals surface area (Å²) in [5.74, 6) is 1.80. The highest BCUT2D eigenvalue weighted by atomic mass is 35.5. The van der Waals surface area contributed by atoms with Crippen LogP contribution in [0.3, 0.4) is 0 Å². The summed E-state index contributed by atoms with van der Waals surface area (Å²) in [6, 6.07) is 7.35. The molecule has 1 amide bonds. The number of nitrogens with zero attached hydrogens (tertiary/aromatic N) is 4. The van der Waals surface area contributed by atoms with Gasteiger partial charge in [-0.15, -0.1) is 11.3 Å². The number of para-hydroxylation sites is 1. The van der Waals surface area contributed by atoms with E-state index >= 15 is 0 Å². The summed E-state index contributed by atoms with van der Waals surface area (Å²) in [6.07, 6.45) is 1.01. The Morgan fingerprint density at radius 3 is 2.77 bits per heavy atom. The molecule has 0 unspecified atom stereocenters. The van der Waals surface area contributed by atoms with Gasteiger partial charge < -0.3 is 20.9 Å². The van der Waals surface area contributed by atoms with Crippen molar-refractivity contribution in [2.45, 2.75) is 20.3 Å². The van der Waals surface area contributed by atoms with Crippen LogP contribution in [0.1, 0.15) is 28.3 Å². The van der Waals surface area contributed by atoms with E-state index in [0.29, 0.717) is 33.2 Å². The molecule has 0 saturated heterocycles. The minimum Gasteiger partial charge on any atom is -0.359 e. The van der Waals surface area contributed by atoms with Crippen molar-refractivity contribution in [2.24, 2.45) is 0 Å². The van der Waals surface area contributed by atoms with E-state index in [1.807, 2.05) is 46.1 Å². The predicted octanol–water partition coefficient (Wildman–Crippen LogP) is 4.24. The fourth-order valence-electron chi connectivity index (χ4n) is 2.93. The van der Waals surface area contributed by atoms with Gasteiger partial charge >= 0.3 is 0 Å². The number of aryl methyl sites for hydroxylation is 2. The monoisotopic (exact) mass is 459 g/mol. The van der Waals surface area contributed by atoms with Crippen LogP contribution in [0.4, 0.5) is 22.5 Å². The van der Waals surface area contributed by atoms with Gasteiger partial charge in [0.05, 0.1) is 10.7 Å². The highest BCUT2D eigenvalue weighted by Gasteiger charge is 2.15. The highest BCUT2D eigenvalue weighted by molar-refractivity contribution is 7.14. The van der Waals surface area contributed by atoms with E-state index in [1.54, 1.807) is 11.4 Å². The zero-order valence-electron chi connectivity index (χ0n) is 18.0. The zero-order chi connectivity index (χ0) is 22.4. The smallest absolute Gasteiger partial charge is 0.275 e. The first-order valence-corrected chi connectivity index (χ1v) is 11.1. The summed E-state index contributed by atoms with van der Waals surface area (Å²) in [4.78, 5) is 28.1. The molecule has 10 heteroatoms. The van der Waals surface area contributed by atoms with Gasteiger partial charge in [-0.25, -0.2) is 15.0 Å². The molecule has 2 aromatic heterocycles. The number of halogens is 1. The van der Waals surface area contributed by atoms with Crippen LogP contribution >= 0.6 is 22.9 Å². The number of anilines is 4. The lowest BCUT2D eigenvalue weighted by molar-refractivity contribution is 0.102. The number of carbonyl (C=O) groups is 1. The molecule has 0 atom stereocenters. The van der Waals surface area contributed by atoms with E-state index in [-0.39, 0.29) is 5.91 Å². The molecule has 0 radical (unpaired) electrons. The van der Waals surface area contributed by atoms with Gasteiger partial charge in [-0.3, -0.25) is 4.79 Å². The molecule has 1 aromatic carbocycles. The van der Waals surface area contributed by atoms with Gasteiger partial charge in [0.15, 0.2) is 5.13 Å². The summed E-state index contributed by atoms with van der Waals surface area (Å²) < 4.78 is 0. The molecule has 164 valence electrons. The quantitative estimate of drug-likeness (QED) is 0.412. The normalized spacial score (nSPS) is 10.7. The van der Waals surface area contributed by atoms with Crippen LogP contribution in [0, 0.1) is 13.8 Å². The van der Waals surface area contributed by atoms with E-state index < -0.39 is 0 Å². The summed E-state index contributed by atoms with van der Waals surface area (Å²) in [7, 11) is 3.94. The number of carbonyl (C=O) groups excluding carboxylic acids is 1. The van der Waals surface area contributed by atoms with Crippen LogP contribution in [-0.4, -0.2) is 48.0 Å². The summed E-state index contributed by atoms with van der Waals surface area (Å²) in [6.45, 7) is 5.56. The van der Waals surface area contributed by atoms with Gasteiger partial charge in [0.2, 0.25) is 0 Å². The van der Waals surface area contributed by atoms with Crippen LogP contribution in [0.15, 0.2) is 29.6 Å². The maximum atomic E-state index is 12.6. The Labute approximate surface area is 191 Å². The van der Waals surface area contributed by atoms with Crippen molar-refractivity contribution in [1.82, 2.24) is 20.3 Å². The van der Waals surface area contributed by atoms with E-state index in [0.717, 1.165) is 30.9 Å². The van der Waals surface area contributed by atoms with Gasteiger partial charge in [0, 0.05) is 25.0 Å². The van der Waals surface area contributed by atoms with Crippen molar-refractivity contribution in [3.8, 4) is 0 Å².